The molecule has 0 atom stereocenters. The number of aromatic nitrogens is 3. The first-order valence-electron chi connectivity index (χ1n) is 5.60. The zero-order valence-electron chi connectivity index (χ0n) is 10.4. The highest BCUT2D eigenvalue weighted by Gasteiger charge is 2.16. The summed E-state index contributed by atoms with van der Waals surface area (Å²) >= 11 is 0. The number of ether oxygens (including phenoxy) is 1. The third kappa shape index (κ3) is 2.93. The molecule has 5 nitrogen and oxygen atoms in total. The summed E-state index contributed by atoms with van der Waals surface area (Å²) in [6.45, 7) is 3.53. The van der Waals surface area contributed by atoms with Gasteiger partial charge in [0.15, 0.2) is 5.82 Å². The number of nitrogens with zero attached hydrogens (tertiary/aromatic N) is 3. The van der Waals surface area contributed by atoms with Crippen LogP contribution in [0.15, 0.2) is 18.2 Å². The molecule has 1 aromatic heterocycles. The summed E-state index contributed by atoms with van der Waals surface area (Å²) < 4.78 is 32.5. The minimum Gasteiger partial charge on any atom is -0.461 e. The summed E-state index contributed by atoms with van der Waals surface area (Å²) in [5.41, 5.74) is 5.13. The SMILES string of the molecule is CC(C)Oc1nc(N)nc(-c2c(F)cccc2F)n1. The number of hydrogen-bond donors (Lipinski definition) is 1. The van der Waals surface area contributed by atoms with Crippen LogP contribution in [0.5, 0.6) is 6.01 Å². The lowest BCUT2D eigenvalue weighted by Crippen LogP contribution is -2.11. The molecule has 2 rings (SSSR count). The van der Waals surface area contributed by atoms with Crippen molar-refractivity contribution in [3.8, 4) is 17.4 Å². The van der Waals surface area contributed by atoms with Crippen LogP contribution in [0, 0.1) is 11.6 Å². The number of nitrogens with two attached hydrogens (primary N) is 1. The largest absolute Gasteiger partial charge is 0.461 e. The number of benzene rings is 1. The molecule has 0 saturated heterocycles. The minimum absolute atomic E-state index is 0.0693. The van der Waals surface area contributed by atoms with Gasteiger partial charge in [0.25, 0.3) is 0 Å². The van der Waals surface area contributed by atoms with Crippen LogP contribution in [0.25, 0.3) is 11.4 Å². The monoisotopic (exact) mass is 266 g/mol. The summed E-state index contributed by atoms with van der Waals surface area (Å²) in [4.78, 5) is 11.3. The third-order valence-corrected chi connectivity index (χ3v) is 2.16. The number of anilines is 1. The summed E-state index contributed by atoms with van der Waals surface area (Å²) in [7, 11) is 0. The Morgan fingerprint density at radius 3 is 2.32 bits per heavy atom. The third-order valence-electron chi connectivity index (χ3n) is 2.16. The van der Waals surface area contributed by atoms with E-state index < -0.39 is 11.6 Å². The van der Waals surface area contributed by atoms with Gasteiger partial charge in [-0.15, -0.1) is 0 Å². The van der Waals surface area contributed by atoms with Gasteiger partial charge in [0, 0.05) is 0 Å². The highest BCUT2D eigenvalue weighted by Crippen LogP contribution is 2.24. The summed E-state index contributed by atoms with van der Waals surface area (Å²) in [6.07, 6.45) is -0.194. The van der Waals surface area contributed by atoms with E-state index in [1.165, 1.54) is 6.07 Å². The van der Waals surface area contributed by atoms with Crippen LogP contribution in [0.2, 0.25) is 0 Å². The molecule has 1 heterocycles. The highest BCUT2D eigenvalue weighted by molar-refractivity contribution is 5.57. The predicted molar refractivity (Wildman–Crippen MR) is 65.4 cm³/mol. The zero-order valence-corrected chi connectivity index (χ0v) is 10.4. The van der Waals surface area contributed by atoms with Gasteiger partial charge in [0.2, 0.25) is 5.95 Å². The second-order valence-electron chi connectivity index (χ2n) is 4.06. The Hall–Kier alpha value is -2.31. The molecule has 0 radical (unpaired) electrons. The molecule has 0 saturated carbocycles. The predicted octanol–water partition coefficient (Wildman–Crippen LogP) is 2.19. The zero-order chi connectivity index (χ0) is 14.0. The lowest BCUT2D eigenvalue weighted by Gasteiger charge is -2.09. The van der Waals surface area contributed by atoms with Gasteiger partial charge in [0.1, 0.15) is 11.6 Å². The maximum Gasteiger partial charge on any atom is 0.322 e. The van der Waals surface area contributed by atoms with Gasteiger partial charge in [-0.1, -0.05) is 6.07 Å². The summed E-state index contributed by atoms with van der Waals surface area (Å²) in [5, 5.41) is 0. The van der Waals surface area contributed by atoms with Crippen molar-refractivity contribution in [2.75, 3.05) is 5.73 Å². The van der Waals surface area contributed by atoms with Crippen LogP contribution in [0.1, 0.15) is 13.8 Å². The Morgan fingerprint density at radius 2 is 1.74 bits per heavy atom. The van der Waals surface area contributed by atoms with E-state index in [4.69, 9.17) is 10.5 Å². The lowest BCUT2D eigenvalue weighted by molar-refractivity contribution is 0.222. The normalized spacial score (nSPS) is 10.8. The first kappa shape index (κ1) is 13.1. The molecule has 0 aliphatic heterocycles. The molecule has 0 aliphatic carbocycles. The molecule has 0 amide bonds. The van der Waals surface area contributed by atoms with Gasteiger partial charge in [-0.2, -0.15) is 15.0 Å². The van der Waals surface area contributed by atoms with Gasteiger partial charge >= 0.3 is 6.01 Å². The molecule has 0 spiro atoms. The van der Waals surface area contributed by atoms with E-state index in [-0.39, 0.29) is 29.5 Å². The first-order chi connectivity index (χ1) is 8.97. The van der Waals surface area contributed by atoms with E-state index in [1.54, 1.807) is 13.8 Å². The summed E-state index contributed by atoms with van der Waals surface area (Å²) in [6, 6.07) is 3.41. The maximum absolute atomic E-state index is 13.6. The summed E-state index contributed by atoms with van der Waals surface area (Å²) in [5.74, 6) is -1.91. The second-order valence-corrected chi connectivity index (χ2v) is 4.06. The number of halogens is 2. The van der Waals surface area contributed by atoms with Gasteiger partial charge in [-0.3, -0.25) is 0 Å². The van der Waals surface area contributed by atoms with Gasteiger partial charge in [-0.05, 0) is 26.0 Å². The Morgan fingerprint density at radius 1 is 1.11 bits per heavy atom. The van der Waals surface area contributed by atoms with Gasteiger partial charge in [-0.25, -0.2) is 8.78 Å². The fourth-order valence-electron chi connectivity index (χ4n) is 1.46. The van der Waals surface area contributed by atoms with Crippen molar-refractivity contribution in [2.45, 2.75) is 20.0 Å². The van der Waals surface area contributed by atoms with Crippen LogP contribution in [-0.4, -0.2) is 21.1 Å². The molecule has 0 bridgehead atoms. The van der Waals surface area contributed by atoms with Gasteiger partial charge < -0.3 is 10.5 Å². The van der Waals surface area contributed by atoms with Crippen LogP contribution < -0.4 is 10.5 Å². The average Bonchev–Trinajstić information content (AvgIpc) is 2.26. The lowest BCUT2D eigenvalue weighted by atomic mass is 10.2. The van der Waals surface area contributed by atoms with E-state index in [2.05, 4.69) is 15.0 Å². The molecule has 7 heteroatoms. The van der Waals surface area contributed by atoms with Crippen molar-refractivity contribution in [1.29, 1.82) is 0 Å². The Labute approximate surface area is 108 Å². The molecule has 0 unspecified atom stereocenters. The van der Waals surface area contributed by atoms with E-state index in [1.807, 2.05) is 0 Å². The van der Waals surface area contributed by atoms with E-state index in [0.29, 0.717) is 0 Å². The molecular formula is C12H12F2N4O. The van der Waals surface area contributed by atoms with E-state index in [9.17, 15) is 8.78 Å². The second kappa shape index (κ2) is 5.13. The molecule has 100 valence electrons. The van der Waals surface area contributed by atoms with Crippen molar-refractivity contribution in [3.63, 3.8) is 0 Å². The number of rotatable bonds is 3. The molecule has 0 aliphatic rings. The topological polar surface area (TPSA) is 73.9 Å². The van der Waals surface area contributed by atoms with Crippen molar-refractivity contribution in [3.05, 3.63) is 29.8 Å². The maximum atomic E-state index is 13.6. The van der Waals surface area contributed by atoms with Crippen molar-refractivity contribution >= 4 is 5.95 Å². The van der Waals surface area contributed by atoms with Crippen molar-refractivity contribution in [1.82, 2.24) is 15.0 Å². The highest BCUT2D eigenvalue weighted by atomic mass is 19.1. The van der Waals surface area contributed by atoms with Crippen LogP contribution in [0.3, 0.4) is 0 Å². The fourth-order valence-corrected chi connectivity index (χ4v) is 1.46. The number of nitrogen functional groups attached to an aromatic ring is 1. The molecule has 2 aromatic rings. The molecule has 19 heavy (non-hydrogen) atoms. The minimum atomic E-state index is -0.777. The molecule has 2 N–H and O–H groups in total. The smallest absolute Gasteiger partial charge is 0.322 e. The number of hydrogen-bond acceptors (Lipinski definition) is 5. The molecule has 1 aromatic carbocycles. The fraction of sp³-hybridized carbons (Fsp3) is 0.250. The Balaban J connectivity index is 2.53. The molecular weight excluding hydrogens is 254 g/mol. The van der Waals surface area contributed by atoms with Crippen LogP contribution >= 0.6 is 0 Å². The van der Waals surface area contributed by atoms with Crippen LogP contribution in [0.4, 0.5) is 14.7 Å². The first-order valence-corrected chi connectivity index (χ1v) is 5.60. The van der Waals surface area contributed by atoms with Crippen LogP contribution in [-0.2, 0) is 0 Å². The standard InChI is InChI=1S/C12H12F2N4O/c1-6(2)19-12-17-10(16-11(15)18-12)9-7(13)4-3-5-8(9)14/h3-6H,1-2H3,(H2,15,16,17,18). The Kier molecular flexibility index (Phi) is 3.55. The Bertz CT molecular complexity index is 584. The van der Waals surface area contributed by atoms with Crippen molar-refractivity contribution < 1.29 is 13.5 Å². The van der Waals surface area contributed by atoms with E-state index in [0.717, 1.165) is 12.1 Å². The molecule has 0 fully saturated rings. The van der Waals surface area contributed by atoms with Crippen molar-refractivity contribution in [2.24, 2.45) is 0 Å². The van der Waals surface area contributed by atoms with E-state index >= 15 is 0 Å². The van der Waals surface area contributed by atoms with Gasteiger partial charge in [0.05, 0.1) is 11.7 Å². The average molecular weight is 266 g/mol. The quantitative estimate of drug-likeness (QED) is 0.921.